The number of nitrogens with zero attached hydrogens (tertiary/aromatic N) is 1. The fourth-order valence-corrected chi connectivity index (χ4v) is 2.32. The largest absolute Gasteiger partial charge is 0.291 e. The van der Waals surface area contributed by atoms with E-state index in [0.717, 1.165) is 5.69 Å². The molecule has 0 spiro atoms. The molecule has 1 saturated heterocycles. The number of hydrogen-bond acceptors (Lipinski definition) is 3. The molecule has 0 saturated carbocycles. The van der Waals surface area contributed by atoms with Gasteiger partial charge in [-0.15, -0.1) is 0 Å². The number of thioether (sulfide) groups is 1. The van der Waals surface area contributed by atoms with Crippen LogP contribution in [0, 0.1) is 0 Å². The molecule has 0 radical (unpaired) electrons. The molecule has 66 valence electrons. The molecule has 1 aliphatic rings. The van der Waals surface area contributed by atoms with Gasteiger partial charge in [0.05, 0.1) is 11.4 Å². The van der Waals surface area contributed by atoms with Crippen molar-refractivity contribution in [1.82, 2.24) is 0 Å². The second kappa shape index (κ2) is 3.47. The zero-order chi connectivity index (χ0) is 9.26. The minimum atomic E-state index is 0.0243. The van der Waals surface area contributed by atoms with Gasteiger partial charge in [-0.25, -0.2) is 0 Å². The summed E-state index contributed by atoms with van der Waals surface area (Å²) in [5.74, 6) is 0.628. The van der Waals surface area contributed by atoms with Gasteiger partial charge in [0.1, 0.15) is 4.99 Å². The summed E-state index contributed by atoms with van der Waals surface area (Å²) in [6.45, 7) is 0. The van der Waals surface area contributed by atoms with E-state index in [4.69, 9.17) is 12.2 Å². The van der Waals surface area contributed by atoms with Crippen LogP contribution in [0.3, 0.4) is 0 Å². The van der Waals surface area contributed by atoms with Crippen molar-refractivity contribution >= 4 is 39.9 Å². The van der Waals surface area contributed by atoms with E-state index in [2.05, 4.69) is 0 Å². The number of hydrogen-bond donors (Lipinski definition) is 0. The Hall–Kier alpha value is -0.870. The quantitative estimate of drug-likeness (QED) is 0.663. The van der Waals surface area contributed by atoms with Crippen LogP contribution in [0.1, 0.15) is 0 Å². The summed E-state index contributed by atoms with van der Waals surface area (Å²) in [4.78, 5) is 13.7. The van der Waals surface area contributed by atoms with Crippen LogP contribution in [0.4, 0.5) is 10.5 Å². The second-order valence-corrected chi connectivity index (χ2v) is 4.02. The fourth-order valence-electron chi connectivity index (χ4n) is 1.18. The Morgan fingerprint density at radius 1 is 1.31 bits per heavy atom. The van der Waals surface area contributed by atoms with E-state index in [1.165, 1.54) is 11.8 Å². The zero-order valence-electron chi connectivity index (χ0n) is 6.77. The van der Waals surface area contributed by atoms with Gasteiger partial charge in [-0.2, -0.15) is 0 Å². The third kappa shape index (κ3) is 1.59. The van der Waals surface area contributed by atoms with Crippen molar-refractivity contribution in [3.63, 3.8) is 0 Å². The first-order valence-electron chi connectivity index (χ1n) is 3.84. The molecule has 1 aromatic carbocycles. The van der Waals surface area contributed by atoms with Gasteiger partial charge < -0.3 is 0 Å². The zero-order valence-corrected chi connectivity index (χ0v) is 8.40. The van der Waals surface area contributed by atoms with Crippen molar-refractivity contribution in [2.75, 3.05) is 10.7 Å². The third-order valence-corrected chi connectivity index (χ3v) is 3.12. The van der Waals surface area contributed by atoms with Gasteiger partial charge in [-0.1, -0.05) is 42.2 Å². The average molecular weight is 209 g/mol. The Kier molecular flexibility index (Phi) is 2.33. The molecule has 1 fully saturated rings. The molecule has 0 atom stereocenters. The van der Waals surface area contributed by atoms with Gasteiger partial charge in [0, 0.05) is 0 Å². The Bertz CT molecular complexity index is 334. The lowest BCUT2D eigenvalue weighted by molar-refractivity contribution is 0.268. The number of rotatable bonds is 1. The molecule has 0 bridgehead atoms. The fraction of sp³-hybridized carbons (Fsp3) is 0.111. The molecule has 1 aliphatic heterocycles. The molecule has 13 heavy (non-hydrogen) atoms. The maximum absolute atomic E-state index is 11.4. The van der Waals surface area contributed by atoms with Crippen LogP contribution in [0.25, 0.3) is 0 Å². The van der Waals surface area contributed by atoms with E-state index >= 15 is 0 Å². The van der Waals surface area contributed by atoms with Gasteiger partial charge in [0.15, 0.2) is 0 Å². The highest BCUT2D eigenvalue weighted by Gasteiger charge is 2.27. The van der Waals surface area contributed by atoms with E-state index in [-0.39, 0.29) is 5.24 Å². The van der Waals surface area contributed by atoms with E-state index in [1.807, 2.05) is 30.3 Å². The van der Waals surface area contributed by atoms with Crippen LogP contribution in [0.2, 0.25) is 0 Å². The maximum Gasteiger partial charge on any atom is 0.291 e. The van der Waals surface area contributed by atoms with E-state index < -0.39 is 0 Å². The summed E-state index contributed by atoms with van der Waals surface area (Å²) in [5, 5.41) is 0.0243. The smallest absolute Gasteiger partial charge is 0.265 e. The summed E-state index contributed by atoms with van der Waals surface area (Å²) < 4.78 is 0. The average Bonchev–Trinajstić information content (AvgIpc) is 2.48. The molecule has 4 heteroatoms. The maximum atomic E-state index is 11.4. The van der Waals surface area contributed by atoms with Crippen LogP contribution >= 0.6 is 24.0 Å². The molecule has 1 heterocycles. The number of carbonyl (C=O) groups excluding carboxylic acids is 1. The van der Waals surface area contributed by atoms with E-state index in [1.54, 1.807) is 4.90 Å². The van der Waals surface area contributed by atoms with Crippen LogP contribution in [-0.2, 0) is 0 Å². The molecule has 0 aliphatic carbocycles. The van der Waals surface area contributed by atoms with Gasteiger partial charge in [0.25, 0.3) is 5.24 Å². The highest BCUT2D eigenvalue weighted by atomic mass is 32.2. The van der Waals surface area contributed by atoms with E-state index in [9.17, 15) is 4.79 Å². The lowest BCUT2D eigenvalue weighted by Gasteiger charge is -2.13. The van der Waals surface area contributed by atoms with Crippen molar-refractivity contribution in [3.05, 3.63) is 30.3 Å². The molecule has 2 nitrogen and oxygen atoms in total. The van der Waals surface area contributed by atoms with Crippen molar-refractivity contribution in [1.29, 1.82) is 0 Å². The lowest BCUT2D eigenvalue weighted by Crippen LogP contribution is -2.26. The van der Waals surface area contributed by atoms with Gasteiger partial charge in [-0.3, -0.25) is 9.69 Å². The first-order valence-corrected chi connectivity index (χ1v) is 5.23. The van der Waals surface area contributed by atoms with Gasteiger partial charge in [0.2, 0.25) is 0 Å². The number of benzene rings is 1. The van der Waals surface area contributed by atoms with Crippen LogP contribution < -0.4 is 4.90 Å². The molecule has 1 amide bonds. The first-order chi connectivity index (χ1) is 6.29. The summed E-state index contributed by atoms with van der Waals surface area (Å²) in [5.41, 5.74) is 0.863. The van der Waals surface area contributed by atoms with Gasteiger partial charge in [-0.05, 0) is 12.1 Å². The Morgan fingerprint density at radius 3 is 2.54 bits per heavy atom. The number of anilines is 1. The number of para-hydroxylation sites is 1. The van der Waals surface area contributed by atoms with Gasteiger partial charge >= 0.3 is 0 Å². The number of thiocarbonyl (C=S) groups is 1. The normalized spacial score (nSPS) is 16.8. The van der Waals surface area contributed by atoms with E-state index in [0.29, 0.717) is 10.7 Å². The van der Waals surface area contributed by atoms with Crippen LogP contribution in [0.5, 0.6) is 0 Å². The number of carbonyl (C=O) groups is 1. The first kappa shape index (κ1) is 8.72. The Morgan fingerprint density at radius 2 is 2.00 bits per heavy atom. The molecule has 0 unspecified atom stereocenters. The van der Waals surface area contributed by atoms with Crippen molar-refractivity contribution < 1.29 is 4.79 Å². The summed E-state index contributed by atoms with van der Waals surface area (Å²) >= 11 is 6.34. The Balaban J connectivity index is 2.36. The van der Waals surface area contributed by atoms with Crippen molar-refractivity contribution in [3.8, 4) is 0 Å². The Labute approximate surface area is 85.9 Å². The molecule has 2 rings (SSSR count). The highest BCUT2D eigenvalue weighted by Crippen LogP contribution is 2.26. The SMILES string of the molecule is O=C1SCC(=S)N1c1ccccc1. The van der Waals surface area contributed by atoms with Crippen LogP contribution in [0.15, 0.2) is 30.3 Å². The monoisotopic (exact) mass is 209 g/mol. The topological polar surface area (TPSA) is 20.3 Å². The standard InChI is InChI=1S/C9H7NOS2/c11-9-10(8(12)6-13-9)7-4-2-1-3-5-7/h1-5H,6H2. The molecule has 0 aromatic heterocycles. The minimum absolute atomic E-state index is 0.0243. The molecular formula is C9H7NOS2. The van der Waals surface area contributed by atoms with Crippen molar-refractivity contribution in [2.24, 2.45) is 0 Å². The molecule has 1 aromatic rings. The third-order valence-electron chi connectivity index (χ3n) is 1.77. The number of amides is 1. The predicted molar refractivity (Wildman–Crippen MR) is 59.4 cm³/mol. The van der Waals surface area contributed by atoms with Crippen LogP contribution in [-0.4, -0.2) is 16.0 Å². The lowest BCUT2D eigenvalue weighted by atomic mass is 10.3. The predicted octanol–water partition coefficient (Wildman–Crippen LogP) is 2.69. The summed E-state index contributed by atoms with van der Waals surface area (Å²) in [6.07, 6.45) is 0. The molecular weight excluding hydrogens is 202 g/mol. The minimum Gasteiger partial charge on any atom is -0.265 e. The highest BCUT2D eigenvalue weighted by molar-refractivity contribution is 8.16. The second-order valence-electron chi connectivity index (χ2n) is 2.62. The summed E-state index contributed by atoms with van der Waals surface area (Å²) in [7, 11) is 0. The molecule has 0 N–H and O–H groups in total. The van der Waals surface area contributed by atoms with Crippen molar-refractivity contribution in [2.45, 2.75) is 0 Å². The summed E-state index contributed by atoms with van der Waals surface area (Å²) in [6, 6.07) is 9.48.